The second kappa shape index (κ2) is 2.07. The van der Waals surface area contributed by atoms with Crippen molar-refractivity contribution < 1.29 is 14.0 Å². The second-order valence-corrected chi connectivity index (χ2v) is 2.74. The lowest BCUT2D eigenvalue weighted by Crippen LogP contribution is -1.93. The molecule has 0 spiro atoms. The van der Waals surface area contributed by atoms with Gasteiger partial charge in [-0.25, -0.2) is 0 Å². The quantitative estimate of drug-likeness (QED) is 0.654. The van der Waals surface area contributed by atoms with Crippen LogP contribution in [0.15, 0.2) is 16.7 Å². The Labute approximate surface area is 73.0 Å². The number of ether oxygens (including phenoxy) is 2. The number of anilines is 1. The van der Waals surface area contributed by atoms with Gasteiger partial charge in [0.25, 0.3) is 0 Å². The van der Waals surface area contributed by atoms with Crippen LogP contribution >= 0.6 is 0 Å². The predicted molar refractivity (Wildman–Crippen MR) is 44.5 cm³/mol. The molecule has 0 saturated heterocycles. The van der Waals surface area contributed by atoms with E-state index in [1.165, 1.54) is 0 Å². The van der Waals surface area contributed by atoms with E-state index in [1.807, 2.05) is 0 Å². The summed E-state index contributed by atoms with van der Waals surface area (Å²) < 4.78 is 15.4. The maximum Gasteiger partial charge on any atom is 0.231 e. The van der Waals surface area contributed by atoms with Crippen LogP contribution in [0, 0.1) is 0 Å². The fraction of sp³-hybridized carbons (Fsp3) is 0.125. The van der Waals surface area contributed by atoms with E-state index in [4.69, 9.17) is 19.7 Å². The number of hydrogen-bond donors (Lipinski definition) is 1. The third kappa shape index (κ3) is 0.729. The first kappa shape index (κ1) is 6.59. The molecule has 0 aliphatic carbocycles. The number of aromatic nitrogens is 1. The minimum Gasteiger partial charge on any atom is -0.454 e. The Morgan fingerprint density at radius 1 is 1.31 bits per heavy atom. The van der Waals surface area contributed by atoms with Gasteiger partial charge in [0.15, 0.2) is 22.9 Å². The lowest BCUT2D eigenvalue weighted by atomic mass is 10.2. The number of nitrogens with two attached hydrogens (primary N) is 1. The zero-order valence-electron chi connectivity index (χ0n) is 6.61. The summed E-state index contributed by atoms with van der Waals surface area (Å²) in [5.41, 5.74) is 6.22. The molecule has 0 fully saturated rings. The fourth-order valence-corrected chi connectivity index (χ4v) is 1.42. The van der Waals surface area contributed by atoms with Gasteiger partial charge >= 0.3 is 0 Å². The lowest BCUT2D eigenvalue weighted by molar-refractivity contribution is 0.175. The molecule has 13 heavy (non-hydrogen) atoms. The summed E-state index contributed by atoms with van der Waals surface area (Å²) in [5.74, 6) is 1.64. The molecule has 2 N–H and O–H groups in total. The molecule has 66 valence electrons. The lowest BCUT2D eigenvalue weighted by Gasteiger charge is -1.94. The van der Waals surface area contributed by atoms with E-state index in [2.05, 4.69) is 5.16 Å². The minimum absolute atomic E-state index is 0.221. The molecule has 1 aromatic heterocycles. The van der Waals surface area contributed by atoms with Crippen molar-refractivity contribution in [1.29, 1.82) is 0 Å². The highest BCUT2D eigenvalue weighted by Gasteiger charge is 2.21. The van der Waals surface area contributed by atoms with Crippen LogP contribution in [0.2, 0.25) is 0 Å². The maximum atomic E-state index is 5.61. The Kier molecular flexibility index (Phi) is 1.05. The minimum atomic E-state index is 0.221. The van der Waals surface area contributed by atoms with E-state index in [0.717, 1.165) is 0 Å². The van der Waals surface area contributed by atoms with Crippen molar-refractivity contribution in [3.63, 3.8) is 0 Å². The van der Waals surface area contributed by atoms with E-state index in [-0.39, 0.29) is 6.79 Å². The summed E-state index contributed by atoms with van der Waals surface area (Å²) in [7, 11) is 0. The van der Waals surface area contributed by atoms with E-state index in [1.54, 1.807) is 12.1 Å². The fourth-order valence-electron chi connectivity index (χ4n) is 1.42. The van der Waals surface area contributed by atoms with Gasteiger partial charge in [-0.15, -0.1) is 0 Å². The number of nitrogen functional groups attached to an aromatic ring is 1. The molecule has 1 aliphatic rings. The van der Waals surface area contributed by atoms with Crippen LogP contribution in [0.3, 0.4) is 0 Å². The largest absolute Gasteiger partial charge is 0.454 e. The topological polar surface area (TPSA) is 70.5 Å². The predicted octanol–water partition coefficient (Wildman–Crippen LogP) is 1.14. The first-order valence-electron chi connectivity index (χ1n) is 3.80. The SMILES string of the molecule is Nc1noc2ccc3c(c12)OCO3. The molecule has 3 rings (SSSR count). The van der Waals surface area contributed by atoms with Crippen LogP contribution in [0.5, 0.6) is 11.5 Å². The standard InChI is InChI=1S/C8H6N2O3/c9-8-6-4(13-10-8)1-2-5-7(6)12-3-11-5/h1-2H,3H2,(H2,9,10). The molecule has 2 aromatic rings. The second-order valence-electron chi connectivity index (χ2n) is 2.74. The Morgan fingerprint density at radius 2 is 2.23 bits per heavy atom. The Morgan fingerprint density at radius 3 is 3.15 bits per heavy atom. The number of benzene rings is 1. The maximum absolute atomic E-state index is 5.61. The van der Waals surface area contributed by atoms with Gasteiger partial charge in [-0.3, -0.25) is 0 Å². The van der Waals surface area contributed by atoms with Crippen molar-refractivity contribution in [2.24, 2.45) is 0 Å². The van der Waals surface area contributed by atoms with Gasteiger partial charge in [0.05, 0.1) is 0 Å². The van der Waals surface area contributed by atoms with Gasteiger partial charge in [0, 0.05) is 0 Å². The highest BCUT2D eigenvalue weighted by atomic mass is 16.7. The number of fused-ring (bicyclic) bond motifs is 3. The van der Waals surface area contributed by atoms with E-state index >= 15 is 0 Å². The summed E-state index contributed by atoms with van der Waals surface area (Å²) in [6, 6.07) is 3.53. The number of hydrogen-bond acceptors (Lipinski definition) is 5. The highest BCUT2D eigenvalue weighted by Crippen LogP contribution is 2.41. The highest BCUT2D eigenvalue weighted by molar-refractivity contribution is 5.95. The zero-order valence-corrected chi connectivity index (χ0v) is 6.61. The monoisotopic (exact) mass is 178 g/mol. The van der Waals surface area contributed by atoms with E-state index in [9.17, 15) is 0 Å². The first-order valence-corrected chi connectivity index (χ1v) is 3.80. The molecule has 1 aromatic carbocycles. The van der Waals surface area contributed by atoms with Crippen molar-refractivity contribution in [2.45, 2.75) is 0 Å². The van der Waals surface area contributed by atoms with E-state index < -0.39 is 0 Å². The van der Waals surface area contributed by atoms with Crippen LogP contribution in [0.4, 0.5) is 5.82 Å². The summed E-state index contributed by atoms with van der Waals surface area (Å²) in [6.45, 7) is 0.221. The molecule has 0 saturated carbocycles. The molecule has 1 aliphatic heterocycles. The first-order chi connectivity index (χ1) is 6.36. The Balaban J connectivity index is 2.47. The summed E-state index contributed by atoms with van der Waals surface area (Å²) in [5, 5.41) is 4.33. The molecule has 5 nitrogen and oxygen atoms in total. The molecule has 0 atom stereocenters. The molecular weight excluding hydrogens is 172 g/mol. The van der Waals surface area contributed by atoms with Crippen LogP contribution in [-0.2, 0) is 0 Å². The van der Waals surface area contributed by atoms with Crippen molar-refractivity contribution in [2.75, 3.05) is 12.5 Å². The van der Waals surface area contributed by atoms with Crippen LogP contribution < -0.4 is 15.2 Å². The van der Waals surface area contributed by atoms with Crippen LogP contribution in [0.25, 0.3) is 11.0 Å². The molecule has 2 heterocycles. The van der Waals surface area contributed by atoms with Crippen molar-refractivity contribution >= 4 is 16.8 Å². The van der Waals surface area contributed by atoms with Gasteiger partial charge in [0.2, 0.25) is 6.79 Å². The van der Waals surface area contributed by atoms with Crippen molar-refractivity contribution in [1.82, 2.24) is 5.16 Å². The van der Waals surface area contributed by atoms with Crippen molar-refractivity contribution in [3.8, 4) is 11.5 Å². The average molecular weight is 178 g/mol. The van der Waals surface area contributed by atoms with Crippen molar-refractivity contribution in [3.05, 3.63) is 12.1 Å². The Bertz CT molecular complexity index is 477. The van der Waals surface area contributed by atoms with Crippen LogP contribution in [-0.4, -0.2) is 11.9 Å². The number of rotatable bonds is 0. The summed E-state index contributed by atoms with van der Waals surface area (Å²) >= 11 is 0. The molecule has 0 amide bonds. The van der Waals surface area contributed by atoms with E-state index in [0.29, 0.717) is 28.3 Å². The molecule has 0 bridgehead atoms. The molecule has 0 unspecified atom stereocenters. The average Bonchev–Trinajstić information content (AvgIpc) is 2.70. The molecule has 5 heteroatoms. The smallest absolute Gasteiger partial charge is 0.231 e. The third-order valence-corrected chi connectivity index (χ3v) is 2.00. The van der Waals surface area contributed by atoms with Gasteiger partial charge < -0.3 is 19.7 Å². The van der Waals surface area contributed by atoms with Gasteiger partial charge in [-0.1, -0.05) is 5.16 Å². The van der Waals surface area contributed by atoms with Gasteiger partial charge in [0.1, 0.15) is 5.39 Å². The summed E-state index contributed by atoms with van der Waals surface area (Å²) in [6.07, 6.45) is 0. The van der Waals surface area contributed by atoms with Gasteiger partial charge in [-0.2, -0.15) is 0 Å². The summed E-state index contributed by atoms with van der Waals surface area (Å²) in [4.78, 5) is 0. The van der Waals surface area contributed by atoms with Gasteiger partial charge in [-0.05, 0) is 12.1 Å². The number of nitrogens with zero attached hydrogens (tertiary/aromatic N) is 1. The normalized spacial score (nSPS) is 13.8. The molecular formula is C8H6N2O3. The third-order valence-electron chi connectivity index (χ3n) is 2.00. The zero-order chi connectivity index (χ0) is 8.84. The van der Waals surface area contributed by atoms with Crippen LogP contribution in [0.1, 0.15) is 0 Å². The Hall–Kier alpha value is -1.91. The molecule has 0 radical (unpaired) electrons.